The van der Waals surface area contributed by atoms with Crippen molar-refractivity contribution in [1.82, 2.24) is 5.32 Å². The first-order valence-electron chi connectivity index (χ1n) is 17.8. The second kappa shape index (κ2) is 16.9. The molecule has 11 unspecified atom stereocenters. The van der Waals surface area contributed by atoms with Crippen LogP contribution in [0.2, 0.25) is 0 Å². The molecule has 3 aromatic rings. The van der Waals surface area contributed by atoms with Gasteiger partial charge in [0.15, 0.2) is 29.1 Å². The van der Waals surface area contributed by atoms with Crippen LogP contribution in [0.3, 0.4) is 0 Å². The lowest BCUT2D eigenvalue weighted by Crippen LogP contribution is -2.63. The average Bonchev–Trinajstić information content (AvgIpc) is 3.18. The van der Waals surface area contributed by atoms with E-state index in [0.29, 0.717) is 12.0 Å². The molecule has 6 rings (SSSR count). The largest absolute Gasteiger partial charge is 0.507 e. The molecule has 0 bridgehead atoms. The lowest BCUT2D eigenvalue weighted by molar-refractivity contribution is -0.302. The second-order valence-corrected chi connectivity index (χ2v) is 13.8. The minimum absolute atomic E-state index is 0.0714. The Hall–Kier alpha value is -5.33. The lowest BCUT2D eigenvalue weighted by Gasteiger charge is -2.41. The van der Waals surface area contributed by atoms with E-state index in [1.54, 1.807) is 12.3 Å². The Labute approximate surface area is 326 Å². The van der Waals surface area contributed by atoms with Crippen molar-refractivity contribution >= 4 is 22.9 Å². The van der Waals surface area contributed by atoms with Gasteiger partial charge in [-0.1, -0.05) is 13.0 Å². The van der Waals surface area contributed by atoms with Crippen LogP contribution in [0.4, 0.5) is 0 Å². The Morgan fingerprint density at radius 2 is 1.52 bits per heavy atom. The summed E-state index contributed by atoms with van der Waals surface area (Å²) in [5.74, 6) is -5.66. The molecule has 58 heavy (non-hydrogen) atoms. The van der Waals surface area contributed by atoms with Gasteiger partial charge in [-0.15, -0.1) is 0 Å². The van der Waals surface area contributed by atoms with Crippen molar-refractivity contribution in [3.8, 4) is 34.3 Å². The number of carbonyl (C=O) groups is 2. The number of carbonyl (C=O) groups excluding carboxylic acids is 1. The maximum Gasteiger partial charge on any atom is 0.340 e. The minimum Gasteiger partial charge on any atom is -0.507 e. The predicted octanol–water partition coefficient (Wildman–Crippen LogP) is -2.62. The third-order valence-electron chi connectivity index (χ3n) is 9.99. The van der Waals surface area contributed by atoms with E-state index in [1.807, 2.05) is 6.92 Å². The zero-order valence-electron chi connectivity index (χ0n) is 30.4. The summed E-state index contributed by atoms with van der Waals surface area (Å²) in [6, 6.07) is 4.59. The Morgan fingerprint density at radius 3 is 2.17 bits per heavy atom. The number of dihydropyridines is 1. The standard InChI is InChI=1S/C37H42N2O19/c1-2-13-5-12(11-39-33(13)38)6-16-20(10-21-22(24(16)44)17(41)9-19(54-21)15-7-14(3-4-40)23(43)18(42)8-15)55-36-29(49)26(46)28(48)32(57-36)35(53)58-37-30(50)25(45)27(47)31(56-37)34(51)52/h5,7-11,25-33,36-37,39-40,42-50H,2-4,6,38H2,1H3,(H,51,52). The molecule has 0 radical (unpaired) electrons. The number of aliphatic carboxylic acids is 1. The van der Waals surface area contributed by atoms with Crippen LogP contribution in [0.25, 0.3) is 22.3 Å². The molecule has 3 aliphatic heterocycles. The van der Waals surface area contributed by atoms with E-state index < -0.39 is 109 Å². The van der Waals surface area contributed by atoms with E-state index in [1.165, 1.54) is 6.07 Å². The molecule has 314 valence electrons. The first-order chi connectivity index (χ1) is 27.4. The highest BCUT2D eigenvalue weighted by molar-refractivity contribution is 5.88. The number of aromatic hydroxyl groups is 3. The molecule has 14 N–H and O–H groups in total. The fourth-order valence-corrected chi connectivity index (χ4v) is 6.77. The predicted molar refractivity (Wildman–Crippen MR) is 193 cm³/mol. The van der Waals surface area contributed by atoms with Gasteiger partial charge in [0.2, 0.25) is 12.6 Å². The number of phenolic OH excluding ortho intramolecular Hbond substituents is 3. The lowest BCUT2D eigenvalue weighted by atomic mass is 9.96. The van der Waals surface area contributed by atoms with Crippen molar-refractivity contribution in [2.45, 2.75) is 93.8 Å². The van der Waals surface area contributed by atoms with E-state index >= 15 is 0 Å². The number of phenols is 3. The first kappa shape index (κ1) is 42.3. The van der Waals surface area contributed by atoms with Gasteiger partial charge < -0.3 is 90.6 Å². The number of aliphatic hydroxyl groups is 7. The van der Waals surface area contributed by atoms with E-state index in [-0.39, 0.29) is 52.0 Å². The number of ether oxygens (including phenoxy) is 4. The number of benzene rings is 2. The zero-order valence-corrected chi connectivity index (χ0v) is 30.4. The highest BCUT2D eigenvalue weighted by Crippen LogP contribution is 2.41. The monoisotopic (exact) mass is 818 g/mol. The van der Waals surface area contributed by atoms with Gasteiger partial charge in [-0.25, -0.2) is 9.59 Å². The maximum atomic E-state index is 13.6. The van der Waals surface area contributed by atoms with Crippen LogP contribution in [-0.2, 0) is 36.6 Å². The fraction of sp³-hybridized carbons (Fsp3) is 0.432. The van der Waals surface area contributed by atoms with Gasteiger partial charge in [0.25, 0.3) is 0 Å². The van der Waals surface area contributed by atoms with Gasteiger partial charge in [0.1, 0.15) is 64.9 Å². The van der Waals surface area contributed by atoms with Crippen LogP contribution in [0.5, 0.6) is 23.0 Å². The molecule has 2 fully saturated rings. The molecule has 21 nitrogen and oxygen atoms in total. The number of carboxylic acid groups (broad SMARTS) is 1. The molecule has 0 amide bonds. The number of esters is 1. The second-order valence-electron chi connectivity index (χ2n) is 13.8. The molecular weight excluding hydrogens is 776 g/mol. The molecule has 21 heteroatoms. The Kier molecular flexibility index (Phi) is 12.3. The number of carboxylic acids is 1. The van der Waals surface area contributed by atoms with Gasteiger partial charge in [0, 0.05) is 48.1 Å². The number of hydrogen-bond donors (Lipinski definition) is 13. The van der Waals surface area contributed by atoms with Gasteiger partial charge in [-0.05, 0) is 36.1 Å². The number of allylic oxidation sites excluding steroid dienone is 2. The summed E-state index contributed by atoms with van der Waals surface area (Å²) in [5, 5.41) is 117. The number of hydrogen-bond acceptors (Lipinski definition) is 20. The molecule has 2 aromatic carbocycles. The van der Waals surface area contributed by atoms with Crippen LogP contribution in [0.1, 0.15) is 24.5 Å². The highest BCUT2D eigenvalue weighted by atomic mass is 16.7. The third-order valence-corrected chi connectivity index (χ3v) is 9.99. The molecule has 0 spiro atoms. The van der Waals surface area contributed by atoms with Crippen molar-refractivity contribution < 1.29 is 89.1 Å². The van der Waals surface area contributed by atoms with Crippen LogP contribution >= 0.6 is 0 Å². The van der Waals surface area contributed by atoms with Gasteiger partial charge in [-0.2, -0.15) is 0 Å². The summed E-state index contributed by atoms with van der Waals surface area (Å²) < 4.78 is 27.4. The van der Waals surface area contributed by atoms with Crippen LogP contribution < -0.4 is 21.2 Å². The Morgan fingerprint density at radius 1 is 0.862 bits per heavy atom. The fourth-order valence-electron chi connectivity index (χ4n) is 6.77. The number of aliphatic hydroxyl groups excluding tert-OH is 7. The zero-order chi connectivity index (χ0) is 42.3. The summed E-state index contributed by atoms with van der Waals surface area (Å²) in [6.07, 6.45) is -18.7. The highest BCUT2D eigenvalue weighted by Gasteiger charge is 2.52. The van der Waals surface area contributed by atoms with Gasteiger partial charge >= 0.3 is 11.9 Å². The molecule has 2 saturated heterocycles. The van der Waals surface area contributed by atoms with Crippen molar-refractivity contribution in [2.24, 2.45) is 5.73 Å². The molecule has 3 aliphatic rings. The molecule has 0 saturated carbocycles. The van der Waals surface area contributed by atoms with E-state index in [0.717, 1.165) is 23.8 Å². The SMILES string of the molecule is CCC1=CC(Cc2c(OC3OC(C(=O)OC4OC(C(=O)O)C(O)C(O)C4O)C(O)C(O)C3O)cc3oc(-c4cc(O)c(O)c(CCO)c4)cc(=O)c3c2O)=CNC1N. The molecule has 1 aromatic heterocycles. The molecular formula is C37H42N2O19. The molecule has 0 aliphatic carbocycles. The summed E-state index contributed by atoms with van der Waals surface area (Å²) >= 11 is 0. The van der Waals surface area contributed by atoms with Crippen LogP contribution in [0, 0.1) is 0 Å². The number of fused-ring (bicyclic) bond motifs is 1. The van der Waals surface area contributed by atoms with Crippen molar-refractivity contribution in [1.29, 1.82) is 0 Å². The van der Waals surface area contributed by atoms with Crippen LogP contribution in [0.15, 0.2) is 56.9 Å². The number of rotatable bonds is 11. The van der Waals surface area contributed by atoms with Crippen molar-refractivity contribution in [2.75, 3.05) is 6.61 Å². The smallest absolute Gasteiger partial charge is 0.340 e. The quantitative estimate of drug-likeness (QED) is 0.0696. The molecule has 11 atom stereocenters. The summed E-state index contributed by atoms with van der Waals surface area (Å²) in [6.45, 7) is 1.47. The van der Waals surface area contributed by atoms with Gasteiger partial charge in [-0.3, -0.25) is 4.79 Å². The van der Waals surface area contributed by atoms with Crippen molar-refractivity contribution in [3.05, 3.63) is 69.0 Å². The molecule has 4 heterocycles. The Bertz CT molecular complexity index is 2190. The van der Waals surface area contributed by atoms with E-state index in [4.69, 9.17) is 29.1 Å². The summed E-state index contributed by atoms with van der Waals surface area (Å²) in [7, 11) is 0. The summed E-state index contributed by atoms with van der Waals surface area (Å²) in [5.41, 5.74) is 6.42. The van der Waals surface area contributed by atoms with Crippen LogP contribution in [-0.4, -0.2) is 142 Å². The number of nitrogens with one attached hydrogen (secondary N) is 1. The van der Waals surface area contributed by atoms with Gasteiger partial charge in [0.05, 0.1) is 6.17 Å². The topological polar surface area (TPSA) is 362 Å². The first-order valence-corrected chi connectivity index (χ1v) is 17.8. The third kappa shape index (κ3) is 8.04. The average molecular weight is 819 g/mol. The van der Waals surface area contributed by atoms with Crippen molar-refractivity contribution in [3.63, 3.8) is 0 Å². The minimum atomic E-state index is -2.24. The number of nitrogens with two attached hydrogens (primary N) is 1. The van der Waals surface area contributed by atoms with E-state index in [9.17, 15) is 70.6 Å². The maximum absolute atomic E-state index is 13.6. The summed E-state index contributed by atoms with van der Waals surface area (Å²) in [4.78, 5) is 38.5. The van der Waals surface area contributed by atoms with E-state index in [2.05, 4.69) is 5.32 Å². The Balaban J connectivity index is 1.39. The normalized spacial score (nSPS) is 29.9.